The summed E-state index contributed by atoms with van der Waals surface area (Å²) in [7, 11) is 0. The smallest absolute Gasteiger partial charge is 0.319 e. The van der Waals surface area contributed by atoms with Gasteiger partial charge in [0.1, 0.15) is 11.6 Å². The zero-order valence-electron chi connectivity index (χ0n) is 12.6. The maximum Gasteiger partial charge on any atom is 0.319 e. The second kappa shape index (κ2) is 7.87. The summed E-state index contributed by atoms with van der Waals surface area (Å²) in [6.07, 6.45) is 1.69. The molecule has 0 saturated carbocycles. The molecule has 0 spiro atoms. The van der Waals surface area contributed by atoms with E-state index in [0.717, 1.165) is 37.6 Å². The molecule has 1 atom stereocenters. The van der Waals surface area contributed by atoms with E-state index in [1.54, 1.807) is 0 Å². The Bertz CT molecular complexity index is 562. The van der Waals surface area contributed by atoms with E-state index in [1.807, 2.05) is 0 Å². The predicted molar refractivity (Wildman–Crippen MR) is 81.7 cm³/mol. The minimum atomic E-state index is -0.758. The van der Waals surface area contributed by atoms with Gasteiger partial charge in [0.15, 0.2) is 0 Å². The van der Waals surface area contributed by atoms with Crippen LogP contribution < -0.4 is 16.4 Å². The molecule has 1 aliphatic heterocycles. The number of amides is 3. The van der Waals surface area contributed by atoms with Crippen molar-refractivity contribution in [2.24, 2.45) is 11.7 Å². The highest BCUT2D eigenvalue weighted by atomic mass is 19.1. The first-order valence-corrected chi connectivity index (χ1v) is 7.46. The van der Waals surface area contributed by atoms with Crippen LogP contribution in [0.15, 0.2) is 18.2 Å². The number of carbonyl (C=O) groups excluding carboxylic acids is 2. The molecule has 1 fully saturated rings. The number of benzene rings is 1. The Balaban J connectivity index is 1.73. The number of anilines is 1. The van der Waals surface area contributed by atoms with E-state index in [-0.39, 0.29) is 17.5 Å². The molecule has 23 heavy (non-hydrogen) atoms. The molecule has 1 aromatic rings. The number of urea groups is 1. The van der Waals surface area contributed by atoms with Crippen LogP contribution in [0.5, 0.6) is 0 Å². The standard InChI is InChI=1S/C15H20F2N4O2/c16-11-6-12(17)8-13(7-11)20-15(23)19-3-5-21-4-1-2-10(9-21)14(18)22/h6-8,10H,1-5,9H2,(H2,18,22)(H2,19,20,23)/t10-/m0/s1. The molecule has 0 aliphatic carbocycles. The van der Waals surface area contributed by atoms with Gasteiger partial charge in [-0.3, -0.25) is 4.79 Å². The molecular formula is C15H20F2N4O2. The molecule has 3 amide bonds. The van der Waals surface area contributed by atoms with E-state index in [9.17, 15) is 18.4 Å². The molecule has 1 saturated heterocycles. The van der Waals surface area contributed by atoms with Crippen molar-refractivity contribution >= 4 is 17.6 Å². The van der Waals surface area contributed by atoms with Gasteiger partial charge in [-0.15, -0.1) is 0 Å². The normalized spacial score (nSPS) is 18.4. The lowest BCUT2D eigenvalue weighted by Gasteiger charge is -2.31. The van der Waals surface area contributed by atoms with Crippen LogP contribution in [0.2, 0.25) is 0 Å². The highest BCUT2D eigenvalue weighted by molar-refractivity contribution is 5.89. The quantitative estimate of drug-likeness (QED) is 0.762. The Hall–Kier alpha value is -2.22. The van der Waals surface area contributed by atoms with Crippen molar-refractivity contribution in [2.45, 2.75) is 12.8 Å². The number of nitrogens with one attached hydrogen (secondary N) is 2. The van der Waals surface area contributed by atoms with Crippen LogP contribution in [-0.4, -0.2) is 43.0 Å². The van der Waals surface area contributed by atoms with Crippen LogP contribution in [0.1, 0.15) is 12.8 Å². The first kappa shape index (κ1) is 17.1. The fourth-order valence-corrected chi connectivity index (χ4v) is 2.62. The Morgan fingerprint density at radius 3 is 2.61 bits per heavy atom. The van der Waals surface area contributed by atoms with Crippen molar-refractivity contribution in [3.8, 4) is 0 Å². The third kappa shape index (κ3) is 5.48. The van der Waals surface area contributed by atoms with E-state index in [1.165, 1.54) is 0 Å². The van der Waals surface area contributed by atoms with E-state index in [2.05, 4.69) is 15.5 Å². The summed E-state index contributed by atoms with van der Waals surface area (Å²) in [6.45, 7) is 2.37. The van der Waals surface area contributed by atoms with Gasteiger partial charge in [0.2, 0.25) is 5.91 Å². The van der Waals surface area contributed by atoms with Crippen molar-refractivity contribution < 1.29 is 18.4 Å². The fraction of sp³-hybridized carbons (Fsp3) is 0.467. The maximum absolute atomic E-state index is 13.0. The van der Waals surface area contributed by atoms with E-state index in [0.29, 0.717) is 19.6 Å². The number of nitrogens with zero attached hydrogens (tertiary/aromatic N) is 1. The van der Waals surface area contributed by atoms with E-state index >= 15 is 0 Å². The van der Waals surface area contributed by atoms with Gasteiger partial charge in [0.25, 0.3) is 0 Å². The molecule has 126 valence electrons. The van der Waals surface area contributed by atoms with E-state index < -0.39 is 17.7 Å². The SMILES string of the molecule is NC(=O)[C@H]1CCCN(CCNC(=O)Nc2cc(F)cc(F)c2)C1. The van der Waals surface area contributed by atoms with Gasteiger partial charge in [-0.1, -0.05) is 0 Å². The van der Waals surface area contributed by atoms with Crippen LogP contribution in [0.3, 0.4) is 0 Å². The zero-order chi connectivity index (χ0) is 16.8. The van der Waals surface area contributed by atoms with Gasteiger partial charge in [-0.05, 0) is 31.5 Å². The van der Waals surface area contributed by atoms with Gasteiger partial charge in [0.05, 0.1) is 5.92 Å². The molecule has 6 nitrogen and oxygen atoms in total. The lowest BCUT2D eigenvalue weighted by atomic mass is 9.97. The summed E-state index contributed by atoms with van der Waals surface area (Å²) in [5.74, 6) is -1.96. The molecule has 1 aromatic carbocycles. The topological polar surface area (TPSA) is 87.5 Å². The summed E-state index contributed by atoms with van der Waals surface area (Å²) in [5, 5.41) is 4.97. The number of carbonyl (C=O) groups is 2. The maximum atomic E-state index is 13.0. The zero-order valence-corrected chi connectivity index (χ0v) is 12.6. The minimum Gasteiger partial charge on any atom is -0.369 e. The lowest BCUT2D eigenvalue weighted by Crippen LogP contribution is -2.44. The Labute approximate surface area is 133 Å². The van der Waals surface area contributed by atoms with Gasteiger partial charge in [-0.25, -0.2) is 13.6 Å². The summed E-state index contributed by atoms with van der Waals surface area (Å²) >= 11 is 0. The molecule has 0 unspecified atom stereocenters. The second-order valence-electron chi connectivity index (χ2n) is 5.58. The number of likely N-dealkylation sites (tertiary alicyclic amines) is 1. The summed E-state index contributed by atoms with van der Waals surface area (Å²) < 4.78 is 26.0. The van der Waals surface area contributed by atoms with Crippen molar-refractivity contribution in [1.82, 2.24) is 10.2 Å². The number of hydrogen-bond acceptors (Lipinski definition) is 3. The first-order chi connectivity index (χ1) is 10.9. The van der Waals surface area contributed by atoms with Gasteiger partial charge < -0.3 is 21.3 Å². The number of hydrogen-bond donors (Lipinski definition) is 3. The number of rotatable bonds is 5. The second-order valence-corrected chi connectivity index (χ2v) is 5.58. The van der Waals surface area contributed by atoms with Crippen LogP contribution in [-0.2, 0) is 4.79 Å². The van der Waals surface area contributed by atoms with Crippen molar-refractivity contribution in [3.05, 3.63) is 29.8 Å². The number of piperidine rings is 1. The Morgan fingerprint density at radius 2 is 1.96 bits per heavy atom. The Morgan fingerprint density at radius 1 is 1.26 bits per heavy atom. The summed E-state index contributed by atoms with van der Waals surface area (Å²) in [5.41, 5.74) is 5.36. The number of nitrogens with two attached hydrogens (primary N) is 1. The summed E-state index contributed by atoms with van der Waals surface area (Å²) in [4.78, 5) is 24.9. The number of halogens is 2. The van der Waals surface area contributed by atoms with Crippen molar-refractivity contribution in [3.63, 3.8) is 0 Å². The molecule has 8 heteroatoms. The van der Waals surface area contributed by atoms with Crippen LogP contribution >= 0.6 is 0 Å². The first-order valence-electron chi connectivity index (χ1n) is 7.46. The van der Waals surface area contributed by atoms with Crippen molar-refractivity contribution in [2.75, 3.05) is 31.5 Å². The van der Waals surface area contributed by atoms with E-state index in [4.69, 9.17) is 5.73 Å². The molecule has 1 aliphatic rings. The highest BCUT2D eigenvalue weighted by Gasteiger charge is 2.23. The molecule has 0 bridgehead atoms. The number of primary amides is 1. The highest BCUT2D eigenvalue weighted by Crippen LogP contribution is 2.15. The van der Waals surface area contributed by atoms with Crippen LogP contribution in [0.25, 0.3) is 0 Å². The molecule has 0 aromatic heterocycles. The Kier molecular flexibility index (Phi) is 5.86. The molecule has 0 radical (unpaired) electrons. The van der Waals surface area contributed by atoms with Crippen molar-refractivity contribution in [1.29, 1.82) is 0 Å². The molecule has 1 heterocycles. The predicted octanol–water partition coefficient (Wildman–Crippen LogP) is 1.28. The van der Waals surface area contributed by atoms with Crippen LogP contribution in [0.4, 0.5) is 19.3 Å². The largest absolute Gasteiger partial charge is 0.369 e. The monoisotopic (exact) mass is 326 g/mol. The lowest BCUT2D eigenvalue weighted by molar-refractivity contribution is -0.123. The average Bonchev–Trinajstić information content (AvgIpc) is 2.46. The minimum absolute atomic E-state index is 0.0479. The molecular weight excluding hydrogens is 306 g/mol. The van der Waals surface area contributed by atoms with Crippen LogP contribution in [0, 0.1) is 17.6 Å². The molecule has 4 N–H and O–H groups in total. The third-order valence-electron chi connectivity index (χ3n) is 3.74. The van der Waals surface area contributed by atoms with Gasteiger partial charge in [0, 0.05) is 31.4 Å². The summed E-state index contributed by atoms with van der Waals surface area (Å²) in [6, 6.07) is 2.25. The van der Waals surface area contributed by atoms with Gasteiger partial charge >= 0.3 is 6.03 Å². The van der Waals surface area contributed by atoms with Gasteiger partial charge in [-0.2, -0.15) is 0 Å². The fourth-order valence-electron chi connectivity index (χ4n) is 2.62. The average molecular weight is 326 g/mol. The molecule has 2 rings (SSSR count). The third-order valence-corrected chi connectivity index (χ3v) is 3.74.